The Morgan fingerprint density at radius 2 is 1.91 bits per heavy atom. The van der Waals surface area contributed by atoms with E-state index in [4.69, 9.17) is 4.74 Å². The highest BCUT2D eigenvalue weighted by atomic mass is 32.2. The second kappa shape index (κ2) is 9.97. The quantitative estimate of drug-likeness (QED) is 0.574. The maximum absolute atomic E-state index is 13.3. The molecule has 0 spiro atoms. The van der Waals surface area contributed by atoms with Crippen LogP contribution in [0.2, 0.25) is 0 Å². The minimum absolute atomic E-state index is 0.0708. The number of alkyl halides is 3. The highest BCUT2D eigenvalue weighted by molar-refractivity contribution is 7.99. The second-order valence-electron chi connectivity index (χ2n) is 8.54. The molecule has 1 aromatic heterocycles. The number of halogens is 3. The molecule has 6 nitrogen and oxygen atoms in total. The number of benzene rings is 1. The van der Waals surface area contributed by atoms with Crippen molar-refractivity contribution in [2.75, 3.05) is 42.3 Å². The molecule has 1 aliphatic carbocycles. The van der Waals surface area contributed by atoms with Crippen molar-refractivity contribution in [3.8, 4) is 0 Å². The first-order chi connectivity index (χ1) is 15.7. The number of thioether (sulfide) groups is 1. The molecule has 1 N–H and O–H groups in total. The van der Waals surface area contributed by atoms with Crippen LogP contribution in [0.15, 0.2) is 23.4 Å². The van der Waals surface area contributed by atoms with E-state index in [-0.39, 0.29) is 17.3 Å². The van der Waals surface area contributed by atoms with Gasteiger partial charge in [0, 0.05) is 24.8 Å². The van der Waals surface area contributed by atoms with Crippen molar-refractivity contribution in [1.82, 2.24) is 9.55 Å². The zero-order chi connectivity index (χ0) is 23.6. The van der Waals surface area contributed by atoms with Crippen molar-refractivity contribution in [2.24, 2.45) is 0 Å². The third kappa shape index (κ3) is 5.48. The summed E-state index contributed by atoms with van der Waals surface area (Å²) in [6.07, 6.45) is 0.0868. The summed E-state index contributed by atoms with van der Waals surface area (Å²) in [5.74, 6) is -0.286. The van der Waals surface area contributed by atoms with Gasteiger partial charge in [0.15, 0.2) is 5.16 Å². The molecule has 2 heterocycles. The molecule has 10 heteroatoms. The SMILES string of the molecule is Cc1nc(SCC(=O)Nc2cc(C(F)(F)F)ccc2N2CCOCC2)n(C2CCCC2)c1C. The van der Waals surface area contributed by atoms with Crippen LogP contribution in [0.3, 0.4) is 0 Å². The third-order valence-electron chi connectivity index (χ3n) is 6.33. The fourth-order valence-electron chi connectivity index (χ4n) is 4.50. The molecule has 0 radical (unpaired) electrons. The van der Waals surface area contributed by atoms with Crippen LogP contribution in [-0.2, 0) is 15.7 Å². The Labute approximate surface area is 195 Å². The Hall–Kier alpha value is -2.20. The van der Waals surface area contributed by atoms with Crippen LogP contribution < -0.4 is 10.2 Å². The summed E-state index contributed by atoms with van der Waals surface area (Å²) in [6, 6.07) is 3.89. The van der Waals surface area contributed by atoms with Gasteiger partial charge in [-0.3, -0.25) is 4.79 Å². The van der Waals surface area contributed by atoms with Crippen molar-refractivity contribution in [1.29, 1.82) is 0 Å². The van der Waals surface area contributed by atoms with Crippen LogP contribution in [0.4, 0.5) is 24.5 Å². The normalized spacial score (nSPS) is 17.5. The standard InChI is InChI=1S/C23H29F3N4O2S/c1-15-16(2)30(18-5-3-4-6-18)22(27-15)33-14-21(31)28-19-13-17(23(24,25)26)7-8-20(19)29-9-11-32-12-10-29/h7-8,13,18H,3-6,9-12,14H2,1-2H3,(H,28,31). The van der Waals surface area contributed by atoms with Gasteiger partial charge in [-0.05, 0) is 44.9 Å². The molecule has 1 aliphatic heterocycles. The lowest BCUT2D eigenvalue weighted by Gasteiger charge is -2.31. The number of morpholine rings is 1. The summed E-state index contributed by atoms with van der Waals surface area (Å²) < 4.78 is 47.5. The second-order valence-corrected chi connectivity index (χ2v) is 9.48. The Morgan fingerprint density at radius 1 is 1.21 bits per heavy atom. The number of nitrogens with one attached hydrogen (secondary N) is 1. The largest absolute Gasteiger partial charge is 0.416 e. The summed E-state index contributed by atoms with van der Waals surface area (Å²) >= 11 is 1.33. The number of aromatic nitrogens is 2. The van der Waals surface area contributed by atoms with E-state index in [1.165, 1.54) is 30.7 Å². The molecule has 0 unspecified atom stereocenters. The Kier molecular flexibility index (Phi) is 7.23. The van der Waals surface area contributed by atoms with Crippen molar-refractivity contribution < 1.29 is 22.7 Å². The van der Waals surface area contributed by atoms with Gasteiger partial charge < -0.3 is 19.5 Å². The first-order valence-electron chi connectivity index (χ1n) is 11.3. The Balaban J connectivity index is 1.51. The van der Waals surface area contributed by atoms with Crippen LogP contribution in [0.5, 0.6) is 0 Å². The minimum atomic E-state index is -4.49. The molecular formula is C23H29F3N4O2S. The van der Waals surface area contributed by atoms with Crippen molar-refractivity contribution in [3.05, 3.63) is 35.2 Å². The van der Waals surface area contributed by atoms with Gasteiger partial charge in [-0.15, -0.1) is 0 Å². The van der Waals surface area contributed by atoms with Gasteiger partial charge in [-0.1, -0.05) is 24.6 Å². The first-order valence-corrected chi connectivity index (χ1v) is 12.2. The average Bonchev–Trinajstić information content (AvgIpc) is 3.40. The van der Waals surface area contributed by atoms with Crippen LogP contribution in [-0.4, -0.2) is 47.5 Å². The number of hydrogen-bond acceptors (Lipinski definition) is 5. The smallest absolute Gasteiger partial charge is 0.378 e. The van der Waals surface area contributed by atoms with Gasteiger partial charge in [0.05, 0.1) is 41.6 Å². The molecule has 33 heavy (non-hydrogen) atoms. The molecule has 4 rings (SSSR count). The number of ether oxygens (including phenoxy) is 1. The highest BCUT2D eigenvalue weighted by Gasteiger charge is 2.32. The fourth-order valence-corrected chi connectivity index (χ4v) is 5.46. The van der Waals surface area contributed by atoms with E-state index in [1.54, 1.807) is 0 Å². The predicted octanol–water partition coefficient (Wildman–Crippen LogP) is 5.20. The number of anilines is 2. The number of nitrogens with zero attached hydrogens (tertiary/aromatic N) is 3. The predicted molar refractivity (Wildman–Crippen MR) is 123 cm³/mol. The number of carbonyl (C=O) groups excluding carboxylic acids is 1. The Morgan fingerprint density at radius 3 is 2.58 bits per heavy atom. The maximum atomic E-state index is 13.3. The molecule has 1 saturated heterocycles. The van der Waals surface area contributed by atoms with Gasteiger partial charge in [-0.2, -0.15) is 13.2 Å². The van der Waals surface area contributed by atoms with E-state index in [0.717, 1.165) is 41.5 Å². The van der Waals surface area contributed by atoms with Gasteiger partial charge in [0.2, 0.25) is 5.91 Å². The van der Waals surface area contributed by atoms with Gasteiger partial charge in [-0.25, -0.2) is 4.98 Å². The van der Waals surface area contributed by atoms with E-state index in [9.17, 15) is 18.0 Å². The summed E-state index contributed by atoms with van der Waals surface area (Å²) in [7, 11) is 0. The van der Waals surface area contributed by atoms with Gasteiger partial charge in [0.25, 0.3) is 0 Å². The van der Waals surface area contributed by atoms with Crippen LogP contribution in [0, 0.1) is 13.8 Å². The summed E-state index contributed by atoms with van der Waals surface area (Å²) in [5.41, 5.74) is 2.01. The van der Waals surface area contributed by atoms with E-state index >= 15 is 0 Å². The molecule has 2 fully saturated rings. The van der Waals surface area contributed by atoms with Gasteiger partial charge >= 0.3 is 6.18 Å². The third-order valence-corrected chi connectivity index (χ3v) is 7.28. The number of rotatable bonds is 6. The molecule has 2 aromatic rings. The maximum Gasteiger partial charge on any atom is 0.416 e. The van der Waals surface area contributed by atoms with Crippen molar-refractivity contribution in [3.63, 3.8) is 0 Å². The summed E-state index contributed by atoms with van der Waals surface area (Å²) in [4.78, 5) is 19.4. The lowest BCUT2D eigenvalue weighted by atomic mass is 10.1. The number of aryl methyl sites for hydroxylation is 1. The number of amides is 1. The Bertz CT molecular complexity index is 996. The summed E-state index contributed by atoms with van der Waals surface area (Å²) in [5, 5.41) is 3.52. The van der Waals surface area contributed by atoms with Crippen molar-refractivity contribution >= 4 is 29.0 Å². The highest BCUT2D eigenvalue weighted by Crippen LogP contribution is 2.37. The van der Waals surface area contributed by atoms with Crippen molar-refractivity contribution in [2.45, 2.75) is 56.9 Å². The minimum Gasteiger partial charge on any atom is -0.378 e. The van der Waals surface area contributed by atoms with E-state index in [2.05, 4.69) is 14.9 Å². The van der Waals surface area contributed by atoms with Gasteiger partial charge in [0.1, 0.15) is 0 Å². The average molecular weight is 483 g/mol. The lowest BCUT2D eigenvalue weighted by Crippen LogP contribution is -2.37. The molecule has 1 aromatic carbocycles. The molecular weight excluding hydrogens is 453 g/mol. The molecule has 180 valence electrons. The van der Waals surface area contributed by atoms with E-state index < -0.39 is 11.7 Å². The zero-order valence-corrected chi connectivity index (χ0v) is 19.7. The molecule has 0 bridgehead atoms. The zero-order valence-electron chi connectivity index (χ0n) is 18.9. The first kappa shape index (κ1) is 23.9. The lowest BCUT2D eigenvalue weighted by molar-refractivity contribution is -0.137. The molecule has 1 amide bonds. The fraction of sp³-hybridized carbons (Fsp3) is 0.565. The molecule has 1 saturated carbocycles. The van der Waals surface area contributed by atoms with Crippen LogP contribution in [0.1, 0.15) is 48.7 Å². The van der Waals surface area contributed by atoms with E-state index in [0.29, 0.717) is 38.0 Å². The van der Waals surface area contributed by atoms with Crippen LogP contribution >= 0.6 is 11.8 Å². The molecule has 0 atom stereocenters. The van der Waals surface area contributed by atoms with Crippen LogP contribution in [0.25, 0.3) is 0 Å². The number of hydrogen-bond donors (Lipinski definition) is 1. The number of carbonyl (C=O) groups is 1. The monoisotopic (exact) mass is 482 g/mol. The number of imidazole rings is 1. The topological polar surface area (TPSA) is 59.4 Å². The van der Waals surface area contributed by atoms with E-state index in [1.807, 2.05) is 18.7 Å². The molecule has 2 aliphatic rings. The summed E-state index contributed by atoms with van der Waals surface area (Å²) in [6.45, 7) is 6.10.